The number of amides is 1. The van der Waals surface area contributed by atoms with E-state index >= 15 is 0 Å². The average molecular weight is 172 g/mol. The van der Waals surface area contributed by atoms with Crippen molar-refractivity contribution in [2.45, 2.75) is 33.1 Å². The third-order valence-corrected chi connectivity index (χ3v) is 2.31. The Hall–Kier alpha value is -1.06. The molecule has 2 N–H and O–H groups in total. The second kappa shape index (κ2) is 4.09. The van der Waals surface area contributed by atoms with Crippen LogP contribution in [0.5, 0.6) is 0 Å². The number of nitrogens with one attached hydrogen (secondary N) is 1. The fourth-order valence-corrected chi connectivity index (χ4v) is 1.19. The molecular weight excluding hydrogens is 158 g/mol. The highest BCUT2D eigenvalue weighted by Gasteiger charge is 2.36. The van der Waals surface area contributed by atoms with E-state index in [1.165, 1.54) is 0 Å². The quantitative estimate of drug-likeness (QED) is 0.673. The van der Waals surface area contributed by atoms with Crippen molar-refractivity contribution in [3.05, 3.63) is 0 Å². The average Bonchev–Trinajstić information content (AvgIpc) is 1.99. The molecule has 0 aromatic carbocycles. The summed E-state index contributed by atoms with van der Waals surface area (Å²) < 4.78 is 0. The number of carbonyl (C=O) groups excluding carboxylic acids is 1. The Bertz CT molecular complexity index is 185. The molecule has 0 aromatic rings. The summed E-state index contributed by atoms with van der Waals surface area (Å²) in [4.78, 5) is 21.3. The lowest BCUT2D eigenvalue weighted by atomic mass is 9.79. The molecule has 1 radical (unpaired) electrons. The zero-order valence-corrected chi connectivity index (χ0v) is 7.39. The number of carbonyl (C=O) groups is 2. The standard InChI is InChI=1S/C8H14NO3/c1-3-8(4-2,7(11)12)5-6(9)10/h9H,3-5H2,1-2H3,(H,11,12). The Morgan fingerprint density at radius 1 is 1.33 bits per heavy atom. The number of aliphatic carboxylic acids is 1. The van der Waals surface area contributed by atoms with Gasteiger partial charge in [0.2, 0.25) is 5.91 Å². The molecule has 4 heteroatoms. The van der Waals surface area contributed by atoms with Crippen molar-refractivity contribution in [1.29, 1.82) is 0 Å². The van der Waals surface area contributed by atoms with Crippen molar-refractivity contribution in [2.24, 2.45) is 5.41 Å². The molecule has 0 saturated carbocycles. The van der Waals surface area contributed by atoms with E-state index in [1.807, 2.05) is 0 Å². The lowest BCUT2D eigenvalue weighted by Crippen LogP contribution is -2.32. The number of hydrogen-bond acceptors (Lipinski definition) is 2. The highest BCUT2D eigenvalue weighted by atomic mass is 16.4. The molecular formula is C8H14NO3. The minimum Gasteiger partial charge on any atom is -0.481 e. The summed E-state index contributed by atoms with van der Waals surface area (Å²) in [6.07, 6.45) is 0.599. The molecule has 0 aliphatic carbocycles. The monoisotopic (exact) mass is 172 g/mol. The van der Waals surface area contributed by atoms with Crippen LogP contribution in [0.15, 0.2) is 0 Å². The van der Waals surface area contributed by atoms with Gasteiger partial charge in [0.15, 0.2) is 0 Å². The van der Waals surface area contributed by atoms with E-state index in [0.29, 0.717) is 12.8 Å². The lowest BCUT2D eigenvalue weighted by molar-refractivity contribution is -0.152. The molecule has 0 saturated heterocycles. The van der Waals surface area contributed by atoms with Gasteiger partial charge in [-0.3, -0.25) is 15.3 Å². The molecule has 0 unspecified atom stereocenters. The summed E-state index contributed by atoms with van der Waals surface area (Å²) in [5.41, 5.74) is 5.72. The third-order valence-electron chi connectivity index (χ3n) is 2.31. The van der Waals surface area contributed by atoms with Gasteiger partial charge in [0, 0.05) is 6.42 Å². The van der Waals surface area contributed by atoms with Gasteiger partial charge in [-0.2, -0.15) is 0 Å². The van der Waals surface area contributed by atoms with Crippen LogP contribution in [0.4, 0.5) is 0 Å². The van der Waals surface area contributed by atoms with Gasteiger partial charge in [-0.15, -0.1) is 0 Å². The Morgan fingerprint density at radius 3 is 1.83 bits per heavy atom. The lowest BCUT2D eigenvalue weighted by Gasteiger charge is -2.24. The second-order valence-corrected chi connectivity index (χ2v) is 2.89. The number of carboxylic acids is 1. The zero-order chi connectivity index (χ0) is 9.78. The maximum absolute atomic E-state index is 10.8. The predicted octanol–water partition coefficient (Wildman–Crippen LogP) is 1.08. The molecule has 0 spiro atoms. The Kier molecular flexibility index (Phi) is 3.73. The Labute approximate surface area is 71.8 Å². The Balaban J connectivity index is 4.58. The first-order valence-electron chi connectivity index (χ1n) is 3.96. The summed E-state index contributed by atoms with van der Waals surface area (Å²) in [6, 6.07) is 0. The molecule has 1 amide bonds. The molecule has 0 aromatic heterocycles. The maximum Gasteiger partial charge on any atom is 0.310 e. The summed E-state index contributed by atoms with van der Waals surface area (Å²) in [6.45, 7) is 3.45. The van der Waals surface area contributed by atoms with Gasteiger partial charge in [0.05, 0.1) is 5.41 Å². The molecule has 12 heavy (non-hydrogen) atoms. The van der Waals surface area contributed by atoms with Crippen LogP contribution in [-0.4, -0.2) is 17.0 Å². The molecule has 69 valence electrons. The third kappa shape index (κ3) is 2.22. The van der Waals surface area contributed by atoms with Crippen molar-refractivity contribution in [2.75, 3.05) is 0 Å². The van der Waals surface area contributed by atoms with E-state index in [0.717, 1.165) is 0 Å². The predicted molar refractivity (Wildman–Crippen MR) is 43.4 cm³/mol. The van der Waals surface area contributed by atoms with Crippen LogP contribution in [0.3, 0.4) is 0 Å². The van der Waals surface area contributed by atoms with Crippen molar-refractivity contribution < 1.29 is 14.7 Å². The maximum atomic E-state index is 10.8. The fourth-order valence-electron chi connectivity index (χ4n) is 1.19. The van der Waals surface area contributed by atoms with Gasteiger partial charge in [-0.05, 0) is 12.8 Å². The summed E-state index contributed by atoms with van der Waals surface area (Å²) in [5.74, 6) is -1.78. The summed E-state index contributed by atoms with van der Waals surface area (Å²) in [5, 5.41) is 8.84. The van der Waals surface area contributed by atoms with Crippen LogP contribution in [0.25, 0.3) is 0 Å². The van der Waals surface area contributed by atoms with Crippen LogP contribution < -0.4 is 5.73 Å². The molecule has 4 nitrogen and oxygen atoms in total. The first kappa shape index (κ1) is 10.9. The van der Waals surface area contributed by atoms with Crippen LogP contribution in [0.1, 0.15) is 33.1 Å². The van der Waals surface area contributed by atoms with Crippen LogP contribution >= 0.6 is 0 Å². The van der Waals surface area contributed by atoms with Crippen LogP contribution in [0, 0.1) is 5.41 Å². The molecule has 0 aliphatic heterocycles. The molecule has 0 atom stereocenters. The van der Waals surface area contributed by atoms with Crippen molar-refractivity contribution in [1.82, 2.24) is 5.73 Å². The molecule has 0 bridgehead atoms. The molecule has 0 rings (SSSR count). The highest BCUT2D eigenvalue weighted by molar-refractivity contribution is 5.83. The van der Waals surface area contributed by atoms with Gasteiger partial charge in [0.25, 0.3) is 0 Å². The highest BCUT2D eigenvalue weighted by Crippen LogP contribution is 2.30. The smallest absolute Gasteiger partial charge is 0.310 e. The SMILES string of the molecule is CCC(CC)(CC([NH])=O)C(=O)O. The molecule has 0 aliphatic rings. The van der Waals surface area contributed by atoms with Crippen molar-refractivity contribution in [3.8, 4) is 0 Å². The number of hydrogen-bond donors (Lipinski definition) is 1. The largest absolute Gasteiger partial charge is 0.481 e. The van der Waals surface area contributed by atoms with E-state index < -0.39 is 17.3 Å². The van der Waals surface area contributed by atoms with Gasteiger partial charge in [-0.1, -0.05) is 13.8 Å². The number of rotatable bonds is 5. The van der Waals surface area contributed by atoms with E-state index in [2.05, 4.69) is 0 Å². The normalized spacial score (nSPS) is 11.2. The topological polar surface area (TPSA) is 78.2 Å². The van der Waals surface area contributed by atoms with Gasteiger partial charge >= 0.3 is 5.97 Å². The summed E-state index contributed by atoms with van der Waals surface area (Å²) >= 11 is 0. The molecule has 0 heterocycles. The van der Waals surface area contributed by atoms with Crippen molar-refractivity contribution >= 4 is 11.9 Å². The van der Waals surface area contributed by atoms with Gasteiger partial charge in [-0.25, -0.2) is 0 Å². The second-order valence-electron chi connectivity index (χ2n) is 2.89. The van der Waals surface area contributed by atoms with E-state index in [1.54, 1.807) is 13.8 Å². The zero-order valence-electron chi connectivity index (χ0n) is 7.39. The number of carboxylic acid groups (broad SMARTS) is 1. The minimum absolute atomic E-state index is 0.185. The van der Waals surface area contributed by atoms with Crippen LogP contribution in [0.2, 0.25) is 0 Å². The fraction of sp³-hybridized carbons (Fsp3) is 0.750. The summed E-state index contributed by atoms with van der Waals surface area (Å²) in [7, 11) is 0. The van der Waals surface area contributed by atoms with Crippen LogP contribution in [-0.2, 0) is 9.59 Å². The van der Waals surface area contributed by atoms with E-state index in [9.17, 15) is 9.59 Å². The first-order chi connectivity index (χ1) is 5.48. The van der Waals surface area contributed by atoms with E-state index in [4.69, 9.17) is 10.8 Å². The minimum atomic E-state index is -1.02. The van der Waals surface area contributed by atoms with Gasteiger partial charge in [0.1, 0.15) is 0 Å². The molecule has 0 fully saturated rings. The Morgan fingerprint density at radius 2 is 1.75 bits per heavy atom. The van der Waals surface area contributed by atoms with Gasteiger partial charge < -0.3 is 5.11 Å². The first-order valence-corrected chi connectivity index (χ1v) is 3.96. The van der Waals surface area contributed by atoms with Crippen molar-refractivity contribution in [3.63, 3.8) is 0 Å². The van der Waals surface area contributed by atoms with E-state index in [-0.39, 0.29) is 6.42 Å².